The third kappa shape index (κ3) is 2.46. The van der Waals surface area contributed by atoms with Gasteiger partial charge in [0.1, 0.15) is 5.82 Å². The predicted molar refractivity (Wildman–Crippen MR) is 67.5 cm³/mol. The first-order chi connectivity index (χ1) is 7.99. The first-order valence-corrected chi connectivity index (χ1v) is 5.65. The van der Waals surface area contributed by atoms with Crippen LogP contribution in [-0.4, -0.2) is 4.98 Å². The molecule has 2 nitrogen and oxygen atoms in total. The third-order valence-electron chi connectivity index (χ3n) is 2.17. The molecule has 0 saturated carbocycles. The van der Waals surface area contributed by atoms with Gasteiger partial charge in [-0.05, 0) is 18.2 Å². The van der Waals surface area contributed by atoms with E-state index in [0.717, 1.165) is 12.3 Å². The second kappa shape index (κ2) is 4.69. The molecule has 2 aromatic rings. The number of aromatic amines is 1. The molecule has 0 spiro atoms. The molecule has 0 bridgehead atoms. The summed E-state index contributed by atoms with van der Waals surface area (Å²) >= 11 is 17.5. The van der Waals surface area contributed by atoms with Gasteiger partial charge < -0.3 is 4.98 Å². The third-order valence-corrected chi connectivity index (χ3v) is 3.20. The average molecular weight is 293 g/mol. The molecule has 0 amide bonds. The molecule has 0 radical (unpaired) electrons. The van der Waals surface area contributed by atoms with Crippen LogP contribution < -0.4 is 5.56 Å². The number of aromatic nitrogens is 1. The van der Waals surface area contributed by atoms with E-state index in [1.165, 1.54) is 12.1 Å². The molecule has 88 valence electrons. The summed E-state index contributed by atoms with van der Waals surface area (Å²) in [5, 5.41) is 0.749. The summed E-state index contributed by atoms with van der Waals surface area (Å²) in [5.41, 5.74) is -0.0120. The number of benzene rings is 1. The Bertz CT molecular complexity index is 639. The van der Waals surface area contributed by atoms with Gasteiger partial charge in [0.25, 0.3) is 5.56 Å². The Hall–Kier alpha value is -1.03. The van der Waals surface area contributed by atoms with Crippen molar-refractivity contribution >= 4 is 34.8 Å². The highest BCUT2D eigenvalue weighted by Crippen LogP contribution is 2.33. The SMILES string of the molecule is O=c1[nH]cc(F)cc1-c1cc(Cl)c(Cl)cc1Cl. The average Bonchev–Trinajstić information content (AvgIpc) is 2.27. The van der Waals surface area contributed by atoms with E-state index in [1.807, 2.05) is 0 Å². The van der Waals surface area contributed by atoms with Gasteiger partial charge in [-0.15, -0.1) is 0 Å². The monoisotopic (exact) mass is 291 g/mol. The van der Waals surface area contributed by atoms with Crippen molar-refractivity contribution in [1.29, 1.82) is 0 Å². The Kier molecular flexibility index (Phi) is 3.43. The lowest BCUT2D eigenvalue weighted by Crippen LogP contribution is -2.08. The molecular weight excluding hydrogens is 287 g/mol. The van der Waals surface area contributed by atoms with Gasteiger partial charge in [-0.1, -0.05) is 34.8 Å². The molecule has 1 N–H and O–H groups in total. The lowest BCUT2D eigenvalue weighted by atomic mass is 10.1. The van der Waals surface area contributed by atoms with Crippen LogP contribution in [0, 0.1) is 5.82 Å². The number of pyridine rings is 1. The molecule has 17 heavy (non-hydrogen) atoms. The van der Waals surface area contributed by atoms with Crippen LogP contribution in [0.2, 0.25) is 15.1 Å². The lowest BCUT2D eigenvalue weighted by Gasteiger charge is -2.05. The van der Waals surface area contributed by atoms with Gasteiger partial charge in [0.15, 0.2) is 0 Å². The van der Waals surface area contributed by atoms with Gasteiger partial charge in [0, 0.05) is 11.8 Å². The number of hydrogen-bond acceptors (Lipinski definition) is 1. The van der Waals surface area contributed by atoms with Gasteiger partial charge in [0.2, 0.25) is 0 Å². The zero-order valence-corrected chi connectivity index (χ0v) is 10.5. The summed E-state index contributed by atoms with van der Waals surface area (Å²) in [6.07, 6.45) is 0.970. The Labute approximate surface area is 111 Å². The van der Waals surface area contributed by atoms with Crippen molar-refractivity contribution < 1.29 is 4.39 Å². The summed E-state index contributed by atoms with van der Waals surface area (Å²) in [6.45, 7) is 0. The van der Waals surface area contributed by atoms with Gasteiger partial charge in [-0.25, -0.2) is 4.39 Å². The van der Waals surface area contributed by atoms with Crippen molar-refractivity contribution in [1.82, 2.24) is 4.98 Å². The van der Waals surface area contributed by atoms with Crippen molar-refractivity contribution in [3.63, 3.8) is 0 Å². The van der Waals surface area contributed by atoms with Crippen molar-refractivity contribution in [2.45, 2.75) is 0 Å². The van der Waals surface area contributed by atoms with Gasteiger partial charge in [-0.3, -0.25) is 4.79 Å². The van der Waals surface area contributed by atoms with Crippen molar-refractivity contribution in [2.75, 3.05) is 0 Å². The van der Waals surface area contributed by atoms with Gasteiger partial charge in [0.05, 0.1) is 20.6 Å². The Morgan fingerprint density at radius 3 is 2.29 bits per heavy atom. The first-order valence-electron chi connectivity index (χ1n) is 4.52. The molecule has 0 aliphatic carbocycles. The summed E-state index contributed by atoms with van der Waals surface area (Å²) in [7, 11) is 0. The minimum atomic E-state index is -0.568. The van der Waals surface area contributed by atoms with Crippen LogP contribution in [0.15, 0.2) is 29.2 Å². The molecule has 0 atom stereocenters. The highest BCUT2D eigenvalue weighted by atomic mass is 35.5. The first kappa shape index (κ1) is 12.4. The van der Waals surface area contributed by atoms with Crippen molar-refractivity contribution in [2.24, 2.45) is 0 Å². The van der Waals surface area contributed by atoms with E-state index >= 15 is 0 Å². The van der Waals surface area contributed by atoms with E-state index in [4.69, 9.17) is 34.8 Å². The summed E-state index contributed by atoms with van der Waals surface area (Å²) in [5.74, 6) is -0.568. The van der Waals surface area contributed by atoms with Crippen LogP contribution in [0.4, 0.5) is 4.39 Å². The standard InChI is InChI=1S/C11H5Cl3FNO/c12-8-3-10(14)9(13)2-6(8)7-1-5(15)4-16-11(7)17/h1-4H,(H,16,17). The normalized spacial score (nSPS) is 10.6. The maximum absolute atomic E-state index is 13.1. The summed E-state index contributed by atoms with van der Waals surface area (Å²) < 4.78 is 13.1. The van der Waals surface area contributed by atoms with Gasteiger partial charge in [-0.2, -0.15) is 0 Å². The minimum Gasteiger partial charge on any atom is -0.326 e. The van der Waals surface area contributed by atoms with Crippen LogP contribution in [0.1, 0.15) is 0 Å². The molecule has 0 aliphatic heterocycles. The molecule has 6 heteroatoms. The van der Waals surface area contributed by atoms with Crippen molar-refractivity contribution in [3.05, 3.63) is 55.6 Å². The van der Waals surface area contributed by atoms with E-state index in [2.05, 4.69) is 4.98 Å². The van der Waals surface area contributed by atoms with Crippen LogP contribution in [-0.2, 0) is 0 Å². The number of halogens is 4. The molecule has 1 aromatic heterocycles. The number of nitrogens with one attached hydrogen (secondary N) is 1. The summed E-state index contributed by atoms with van der Waals surface area (Å²) in [4.78, 5) is 13.8. The largest absolute Gasteiger partial charge is 0.326 e. The van der Waals surface area contributed by atoms with Gasteiger partial charge >= 0.3 is 0 Å². The number of rotatable bonds is 1. The van der Waals surface area contributed by atoms with Crippen LogP contribution in [0.3, 0.4) is 0 Å². The zero-order valence-electron chi connectivity index (χ0n) is 8.23. The second-order valence-corrected chi connectivity index (χ2v) is 4.53. The van der Waals surface area contributed by atoms with E-state index in [-0.39, 0.29) is 20.6 Å². The van der Waals surface area contributed by atoms with E-state index in [0.29, 0.717) is 5.56 Å². The fraction of sp³-hybridized carbons (Fsp3) is 0. The number of H-pyrrole nitrogens is 1. The van der Waals surface area contributed by atoms with E-state index in [9.17, 15) is 9.18 Å². The molecule has 2 rings (SSSR count). The maximum atomic E-state index is 13.1. The molecule has 0 saturated heterocycles. The van der Waals surface area contributed by atoms with Crippen LogP contribution in [0.5, 0.6) is 0 Å². The quantitative estimate of drug-likeness (QED) is 0.787. The fourth-order valence-electron chi connectivity index (χ4n) is 1.39. The Morgan fingerprint density at radius 1 is 0.941 bits per heavy atom. The lowest BCUT2D eigenvalue weighted by molar-refractivity contribution is 0.621. The predicted octanol–water partition coefficient (Wildman–Crippen LogP) is 4.14. The molecule has 0 fully saturated rings. The van der Waals surface area contributed by atoms with Crippen molar-refractivity contribution in [3.8, 4) is 11.1 Å². The molecule has 1 aromatic carbocycles. The molecule has 0 aliphatic rings. The Morgan fingerprint density at radius 2 is 1.59 bits per heavy atom. The van der Waals surface area contributed by atoms with E-state index < -0.39 is 11.4 Å². The number of hydrogen-bond donors (Lipinski definition) is 1. The molecule has 1 heterocycles. The zero-order chi connectivity index (χ0) is 12.6. The summed E-state index contributed by atoms with van der Waals surface area (Å²) in [6, 6.07) is 3.92. The fourth-order valence-corrected chi connectivity index (χ4v) is 2.04. The minimum absolute atomic E-state index is 0.105. The van der Waals surface area contributed by atoms with E-state index in [1.54, 1.807) is 0 Å². The highest BCUT2D eigenvalue weighted by molar-refractivity contribution is 6.44. The second-order valence-electron chi connectivity index (χ2n) is 3.31. The van der Waals surface area contributed by atoms with Crippen LogP contribution in [0.25, 0.3) is 11.1 Å². The Balaban J connectivity index is 2.72. The van der Waals surface area contributed by atoms with Crippen LogP contribution >= 0.6 is 34.8 Å². The topological polar surface area (TPSA) is 32.9 Å². The molecule has 0 unspecified atom stereocenters. The maximum Gasteiger partial charge on any atom is 0.256 e. The highest BCUT2D eigenvalue weighted by Gasteiger charge is 2.12. The smallest absolute Gasteiger partial charge is 0.256 e. The molecular formula is C11H5Cl3FNO.